The smallest absolute Gasteiger partial charge is 0.142 e. The van der Waals surface area contributed by atoms with Gasteiger partial charge in [0, 0.05) is 30.9 Å². The molecule has 5 nitrogen and oxygen atoms in total. The minimum atomic E-state index is 0.211. The number of nitrogens with two attached hydrogens (primary N) is 1. The summed E-state index contributed by atoms with van der Waals surface area (Å²) in [6, 6.07) is 19.7. The first-order chi connectivity index (χ1) is 12.5. The summed E-state index contributed by atoms with van der Waals surface area (Å²) in [4.78, 5) is 6.45. The van der Waals surface area contributed by atoms with E-state index in [4.69, 9.17) is 10.5 Å². The molecule has 130 valence electrons. The van der Waals surface area contributed by atoms with Crippen molar-refractivity contribution >= 4 is 11.5 Å². The van der Waals surface area contributed by atoms with Crippen LogP contribution in [0.25, 0.3) is 22.4 Å². The van der Waals surface area contributed by atoms with E-state index in [0.717, 1.165) is 22.4 Å². The number of para-hydroxylation sites is 1. The van der Waals surface area contributed by atoms with Gasteiger partial charge in [0.05, 0.1) is 12.8 Å². The average Bonchev–Trinajstić information content (AvgIpc) is 2.67. The van der Waals surface area contributed by atoms with Gasteiger partial charge in [-0.3, -0.25) is 0 Å². The van der Waals surface area contributed by atoms with Crippen molar-refractivity contribution in [1.82, 2.24) is 4.98 Å². The zero-order chi connectivity index (χ0) is 18.7. The topological polar surface area (TPSA) is 75.2 Å². The second kappa shape index (κ2) is 7.16. The molecule has 0 fully saturated rings. The van der Waals surface area contributed by atoms with E-state index in [0.29, 0.717) is 17.0 Å². The molecule has 1 heterocycles. The number of nitriles is 1. The summed E-state index contributed by atoms with van der Waals surface area (Å²) in [6.07, 6.45) is 0. The number of rotatable bonds is 4. The van der Waals surface area contributed by atoms with Crippen LogP contribution < -0.4 is 15.4 Å². The minimum Gasteiger partial charge on any atom is -0.496 e. The number of pyridine rings is 1. The molecule has 0 unspecified atom stereocenters. The van der Waals surface area contributed by atoms with Crippen LogP contribution in [-0.4, -0.2) is 26.2 Å². The number of hydrogen-bond acceptors (Lipinski definition) is 5. The molecule has 3 aromatic rings. The summed E-state index contributed by atoms with van der Waals surface area (Å²) in [6.45, 7) is 0. The van der Waals surface area contributed by atoms with Crippen molar-refractivity contribution in [3.8, 4) is 34.2 Å². The SMILES string of the molecule is COc1ccccc1-c1cc(-c2ccc(N(C)C)cc2)c(C#N)c(N)n1. The summed E-state index contributed by atoms with van der Waals surface area (Å²) in [5, 5.41) is 9.56. The van der Waals surface area contributed by atoms with Crippen molar-refractivity contribution in [3.63, 3.8) is 0 Å². The van der Waals surface area contributed by atoms with Crippen molar-refractivity contribution in [2.45, 2.75) is 0 Å². The third kappa shape index (κ3) is 3.17. The molecule has 0 radical (unpaired) electrons. The zero-order valence-corrected chi connectivity index (χ0v) is 15.0. The number of methoxy groups -OCH3 is 1. The Morgan fingerprint density at radius 1 is 1.04 bits per heavy atom. The largest absolute Gasteiger partial charge is 0.496 e. The molecular formula is C21H20N4O. The third-order valence-electron chi connectivity index (χ3n) is 4.24. The van der Waals surface area contributed by atoms with Gasteiger partial charge in [0.1, 0.15) is 23.2 Å². The molecule has 0 saturated heterocycles. The predicted octanol–water partition coefficient (Wildman–Crippen LogP) is 3.94. The van der Waals surface area contributed by atoms with E-state index in [9.17, 15) is 5.26 Å². The Balaban J connectivity index is 2.19. The molecular weight excluding hydrogens is 324 g/mol. The van der Waals surface area contributed by atoms with E-state index in [1.165, 1.54) is 0 Å². The second-order valence-electron chi connectivity index (χ2n) is 6.07. The highest BCUT2D eigenvalue weighted by Crippen LogP contribution is 2.35. The number of anilines is 2. The summed E-state index contributed by atoms with van der Waals surface area (Å²) < 4.78 is 5.43. The standard InChI is InChI=1S/C21H20N4O/c1-25(2)15-10-8-14(9-11-15)17-12-19(24-21(23)18(17)13-22)16-6-4-5-7-20(16)26-3/h4-12H,1-3H3,(H2,23,24). The molecule has 26 heavy (non-hydrogen) atoms. The van der Waals surface area contributed by atoms with Crippen LogP contribution >= 0.6 is 0 Å². The van der Waals surface area contributed by atoms with Gasteiger partial charge in [-0.2, -0.15) is 5.26 Å². The van der Waals surface area contributed by atoms with Gasteiger partial charge in [0.25, 0.3) is 0 Å². The van der Waals surface area contributed by atoms with E-state index in [1.807, 2.05) is 73.6 Å². The molecule has 2 N–H and O–H groups in total. The van der Waals surface area contributed by atoms with Crippen molar-refractivity contribution in [2.24, 2.45) is 0 Å². The van der Waals surface area contributed by atoms with Crippen molar-refractivity contribution in [3.05, 3.63) is 60.2 Å². The molecule has 0 aliphatic rings. The highest BCUT2D eigenvalue weighted by Gasteiger charge is 2.15. The van der Waals surface area contributed by atoms with Crippen LogP contribution in [0.1, 0.15) is 5.56 Å². The highest BCUT2D eigenvalue weighted by molar-refractivity contribution is 5.82. The Bertz CT molecular complexity index is 972. The lowest BCUT2D eigenvalue weighted by molar-refractivity contribution is 0.416. The van der Waals surface area contributed by atoms with Gasteiger partial charge in [-0.15, -0.1) is 0 Å². The van der Waals surface area contributed by atoms with E-state index < -0.39 is 0 Å². The normalized spacial score (nSPS) is 10.2. The van der Waals surface area contributed by atoms with E-state index in [-0.39, 0.29) is 5.82 Å². The van der Waals surface area contributed by atoms with E-state index in [1.54, 1.807) is 7.11 Å². The van der Waals surface area contributed by atoms with Crippen LogP contribution in [0.4, 0.5) is 11.5 Å². The number of hydrogen-bond donors (Lipinski definition) is 1. The van der Waals surface area contributed by atoms with Crippen molar-refractivity contribution < 1.29 is 4.74 Å². The lowest BCUT2D eigenvalue weighted by Gasteiger charge is -2.15. The van der Waals surface area contributed by atoms with Gasteiger partial charge >= 0.3 is 0 Å². The molecule has 1 aromatic heterocycles. The number of benzene rings is 2. The first-order valence-electron chi connectivity index (χ1n) is 8.17. The van der Waals surface area contributed by atoms with Gasteiger partial charge in [-0.25, -0.2) is 4.98 Å². The summed E-state index contributed by atoms with van der Waals surface area (Å²) in [5.74, 6) is 0.917. The van der Waals surface area contributed by atoms with Gasteiger partial charge in [0.15, 0.2) is 0 Å². The summed E-state index contributed by atoms with van der Waals surface area (Å²) in [7, 11) is 5.59. The molecule has 0 bridgehead atoms. The number of ether oxygens (including phenoxy) is 1. The zero-order valence-electron chi connectivity index (χ0n) is 15.0. The fourth-order valence-electron chi connectivity index (χ4n) is 2.84. The van der Waals surface area contributed by atoms with E-state index in [2.05, 4.69) is 11.1 Å². The van der Waals surface area contributed by atoms with Gasteiger partial charge in [-0.05, 0) is 35.9 Å². The van der Waals surface area contributed by atoms with Crippen LogP contribution in [0.3, 0.4) is 0 Å². The molecule has 0 atom stereocenters. The Labute approximate surface area is 153 Å². The Morgan fingerprint density at radius 2 is 1.73 bits per heavy atom. The number of nitrogens with zero attached hydrogens (tertiary/aromatic N) is 3. The van der Waals surface area contributed by atoms with Crippen LogP contribution in [0.2, 0.25) is 0 Å². The number of aromatic nitrogens is 1. The highest BCUT2D eigenvalue weighted by atomic mass is 16.5. The van der Waals surface area contributed by atoms with Crippen LogP contribution in [0, 0.1) is 11.3 Å². The van der Waals surface area contributed by atoms with Gasteiger partial charge in [0.2, 0.25) is 0 Å². The van der Waals surface area contributed by atoms with Crippen LogP contribution in [0.5, 0.6) is 5.75 Å². The lowest BCUT2D eigenvalue weighted by atomic mass is 9.98. The van der Waals surface area contributed by atoms with Crippen molar-refractivity contribution in [2.75, 3.05) is 31.8 Å². The quantitative estimate of drug-likeness (QED) is 0.776. The summed E-state index contributed by atoms with van der Waals surface area (Å²) >= 11 is 0. The lowest BCUT2D eigenvalue weighted by Crippen LogP contribution is -2.08. The Kier molecular flexibility index (Phi) is 4.76. The molecule has 3 rings (SSSR count). The molecule has 0 spiro atoms. The van der Waals surface area contributed by atoms with Crippen LogP contribution in [-0.2, 0) is 0 Å². The maximum absolute atomic E-state index is 9.56. The monoisotopic (exact) mass is 344 g/mol. The molecule has 5 heteroatoms. The summed E-state index contributed by atoms with van der Waals surface area (Å²) in [5.41, 5.74) is 10.7. The third-order valence-corrected chi connectivity index (χ3v) is 4.24. The molecule has 0 saturated carbocycles. The van der Waals surface area contributed by atoms with Gasteiger partial charge in [-0.1, -0.05) is 24.3 Å². The first-order valence-corrected chi connectivity index (χ1v) is 8.17. The molecule has 2 aromatic carbocycles. The molecule has 0 aliphatic heterocycles. The second-order valence-corrected chi connectivity index (χ2v) is 6.07. The predicted molar refractivity (Wildman–Crippen MR) is 105 cm³/mol. The number of nitrogen functional groups attached to an aromatic ring is 1. The molecule has 0 aliphatic carbocycles. The fraction of sp³-hybridized carbons (Fsp3) is 0.143. The Morgan fingerprint density at radius 3 is 2.35 bits per heavy atom. The fourth-order valence-corrected chi connectivity index (χ4v) is 2.84. The maximum atomic E-state index is 9.56. The molecule has 0 amide bonds. The first kappa shape index (κ1) is 17.3. The Hall–Kier alpha value is -3.52. The van der Waals surface area contributed by atoms with Gasteiger partial charge < -0.3 is 15.4 Å². The average molecular weight is 344 g/mol. The van der Waals surface area contributed by atoms with Crippen molar-refractivity contribution in [1.29, 1.82) is 5.26 Å². The minimum absolute atomic E-state index is 0.211. The van der Waals surface area contributed by atoms with Crippen LogP contribution in [0.15, 0.2) is 54.6 Å². The van der Waals surface area contributed by atoms with E-state index >= 15 is 0 Å². The maximum Gasteiger partial charge on any atom is 0.142 e.